The third kappa shape index (κ3) is 6.39. The normalized spacial score (nSPS) is 22.6. The Morgan fingerprint density at radius 3 is 1.43 bits per heavy atom. The van der Waals surface area contributed by atoms with Gasteiger partial charge in [-0.25, -0.2) is 0 Å². The van der Waals surface area contributed by atoms with Gasteiger partial charge in [-0.3, -0.25) is 14.4 Å². The molecule has 1 aliphatic heterocycles. The molecule has 5 atom stereocenters. The summed E-state index contributed by atoms with van der Waals surface area (Å²) in [6, 6.07) is 28.8. The fourth-order valence-corrected chi connectivity index (χ4v) is 4.98. The fourth-order valence-electron chi connectivity index (χ4n) is 4.98. The summed E-state index contributed by atoms with van der Waals surface area (Å²) >= 11 is 0. The molecule has 9 nitrogen and oxygen atoms in total. The van der Waals surface area contributed by atoms with Crippen LogP contribution in [0.4, 0.5) is 0 Å². The van der Waals surface area contributed by atoms with Crippen LogP contribution in [-0.2, 0) is 43.7 Å². The minimum absolute atomic E-state index is 0.210. The van der Waals surface area contributed by atoms with Crippen molar-refractivity contribution >= 4 is 17.9 Å². The third-order valence-corrected chi connectivity index (χ3v) is 6.52. The number of rotatable bonds is 9. The van der Waals surface area contributed by atoms with E-state index in [0.717, 1.165) is 30.5 Å². The molecule has 210 valence electrons. The summed E-state index contributed by atoms with van der Waals surface area (Å²) in [6.07, 6.45) is -6.82. The van der Waals surface area contributed by atoms with E-state index in [9.17, 15) is 19.5 Å². The van der Waals surface area contributed by atoms with Crippen LogP contribution < -0.4 is 0 Å². The Kier molecular flexibility index (Phi) is 9.31. The molecule has 4 rings (SSSR count). The molecule has 0 spiro atoms. The standard InChI is InChI=1S/C31H32O9/c1-20(32)37-27-26(40-30(35)29(39-22(3)34)28(27)38-21(2)33)19-36-31(23-13-7-4-8-14-23,24-15-9-5-10-16-24)25-17-11-6-12-18-25/h4-18,26-30,35H,19H2,1-3H3/t26-,27+,28-,29-,30+/m0/s1. The summed E-state index contributed by atoms with van der Waals surface area (Å²) in [7, 11) is 0. The third-order valence-electron chi connectivity index (χ3n) is 6.52. The van der Waals surface area contributed by atoms with Crippen LogP contribution in [0.15, 0.2) is 91.0 Å². The van der Waals surface area contributed by atoms with Gasteiger partial charge >= 0.3 is 17.9 Å². The van der Waals surface area contributed by atoms with Gasteiger partial charge < -0.3 is 28.8 Å². The molecule has 0 saturated carbocycles. The van der Waals surface area contributed by atoms with Crippen LogP contribution in [-0.4, -0.2) is 60.3 Å². The Hall–Kier alpha value is -4.05. The van der Waals surface area contributed by atoms with Gasteiger partial charge in [0.25, 0.3) is 0 Å². The lowest BCUT2D eigenvalue weighted by atomic mass is 9.80. The molecule has 9 heteroatoms. The lowest BCUT2D eigenvalue weighted by Crippen LogP contribution is -2.62. The fraction of sp³-hybridized carbons (Fsp3) is 0.323. The minimum Gasteiger partial charge on any atom is -0.456 e. The Morgan fingerprint density at radius 1 is 0.650 bits per heavy atom. The van der Waals surface area contributed by atoms with Gasteiger partial charge in [-0.05, 0) is 16.7 Å². The van der Waals surface area contributed by atoms with Crippen molar-refractivity contribution in [3.05, 3.63) is 108 Å². The Bertz CT molecular complexity index is 1180. The SMILES string of the molecule is CC(=O)O[C@@H]1[C@H](OC(C)=O)[C@H](O)O[C@@H](COC(c2ccccc2)(c2ccccc2)c2ccccc2)[C@H]1OC(C)=O. The van der Waals surface area contributed by atoms with E-state index in [0.29, 0.717) is 0 Å². The van der Waals surface area contributed by atoms with Crippen LogP contribution in [0.1, 0.15) is 37.5 Å². The molecule has 0 aromatic heterocycles. The monoisotopic (exact) mass is 548 g/mol. The molecule has 1 heterocycles. The van der Waals surface area contributed by atoms with Crippen molar-refractivity contribution in [2.24, 2.45) is 0 Å². The van der Waals surface area contributed by atoms with Crippen LogP contribution in [0.2, 0.25) is 0 Å². The summed E-state index contributed by atoms with van der Waals surface area (Å²) in [4.78, 5) is 35.9. The van der Waals surface area contributed by atoms with Gasteiger partial charge in [-0.1, -0.05) is 91.0 Å². The van der Waals surface area contributed by atoms with Crippen molar-refractivity contribution in [3.63, 3.8) is 0 Å². The molecule has 1 fully saturated rings. The van der Waals surface area contributed by atoms with Crippen LogP contribution in [0.5, 0.6) is 0 Å². The number of hydrogen-bond donors (Lipinski definition) is 1. The Balaban J connectivity index is 1.79. The van der Waals surface area contributed by atoms with E-state index in [1.165, 1.54) is 6.92 Å². The van der Waals surface area contributed by atoms with Crippen molar-refractivity contribution in [1.82, 2.24) is 0 Å². The summed E-state index contributed by atoms with van der Waals surface area (Å²) in [5.41, 5.74) is 1.33. The molecule has 1 N–H and O–H groups in total. The van der Waals surface area contributed by atoms with Gasteiger partial charge in [0.1, 0.15) is 11.7 Å². The molecule has 40 heavy (non-hydrogen) atoms. The number of carbonyl (C=O) groups is 3. The maximum Gasteiger partial charge on any atom is 0.303 e. The smallest absolute Gasteiger partial charge is 0.303 e. The Labute approximate surface area is 232 Å². The van der Waals surface area contributed by atoms with E-state index in [1.54, 1.807) is 0 Å². The van der Waals surface area contributed by atoms with Crippen molar-refractivity contribution < 1.29 is 43.2 Å². The molecule has 0 bridgehead atoms. The number of aliphatic hydroxyl groups is 1. The highest BCUT2D eigenvalue weighted by Crippen LogP contribution is 2.41. The number of ether oxygens (including phenoxy) is 5. The lowest BCUT2D eigenvalue weighted by Gasteiger charge is -2.44. The van der Waals surface area contributed by atoms with Crippen LogP contribution in [0.3, 0.4) is 0 Å². The largest absolute Gasteiger partial charge is 0.456 e. The molecule has 1 saturated heterocycles. The highest BCUT2D eigenvalue weighted by atomic mass is 16.7. The van der Waals surface area contributed by atoms with E-state index in [1.807, 2.05) is 91.0 Å². The van der Waals surface area contributed by atoms with E-state index < -0.39 is 54.2 Å². The molecule has 0 unspecified atom stereocenters. The zero-order chi connectivity index (χ0) is 28.7. The number of esters is 3. The van der Waals surface area contributed by atoms with Gasteiger partial charge in [-0.2, -0.15) is 0 Å². The van der Waals surface area contributed by atoms with Crippen LogP contribution in [0.25, 0.3) is 0 Å². The first-order chi connectivity index (χ1) is 19.2. The lowest BCUT2D eigenvalue weighted by molar-refractivity contribution is -0.299. The molecule has 1 aliphatic rings. The molecule has 0 amide bonds. The molecule has 0 aliphatic carbocycles. The van der Waals surface area contributed by atoms with Gasteiger partial charge in [0.15, 0.2) is 24.6 Å². The quantitative estimate of drug-likeness (QED) is 0.244. The topological polar surface area (TPSA) is 118 Å². The maximum absolute atomic E-state index is 12.1. The summed E-state index contributed by atoms with van der Waals surface area (Å²) in [5.74, 6) is -2.15. The first kappa shape index (κ1) is 28.9. The predicted octanol–water partition coefficient (Wildman–Crippen LogP) is 3.51. The number of hydrogen-bond acceptors (Lipinski definition) is 9. The van der Waals surface area contributed by atoms with Crippen molar-refractivity contribution in [2.45, 2.75) is 57.1 Å². The van der Waals surface area contributed by atoms with Crippen molar-refractivity contribution in [3.8, 4) is 0 Å². The second-order valence-corrected chi connectivity index (χ2v) is 9.38. The average Bonchev–Trinajstić information content (AvgIpc) is 2.94. The number of benzene rings is 3. The van der Waals surface area contributed by atoms with Crippen molar-refractivity contribution in [1.29, 1.82) is 0 Å². The molecular formula is C31H32O9. The van der Waals surface area contributed by atoms with Crippen molar-refractivity contribution in [2.75, 3.05) is 6.61 Å². The van der Waals surface area contributed by atoms with Gasteiger partial charge in [0.2, 0.25) is 0 Å². The average molecular weight is 549 g/mol. The van der Waals surface area contributed by atoms with E-state index >= 15 is 0 Å². The zero-order valence-corrected chi connectivity index (χ0v) is 22.5. The summed E-state index contributed by atoms with van der Waals surface area (Å²) in [6.45, 7) is 3.28. The van der Waals surface area contributed by atoms with Gasteiger partial charge in [-0.15, -0.1) is 0 Å². The minimum atomic E-state index is -1.69. The van der Waals surface area contributed by atoms with Gasteiger partial charge in [0, 0.05) is 20.8 Å². The first-order valence-electron chi connectivity index (χ1n) is 12.9. The second kappa shape index (κ2) is 12.9. The van der Waals surface area contributed by atoms with Gasteiger partial charge in [0.05, 0.1) is 6.61 Å². The summed E-state index contributed by atoms with van der Waals surface area (Å²) < 4.78 is 28.8. The Morgan fingerprint density at radius 2 is 1.02 bits per heavy atom. The van der Waals surface area contributed by atoms with E-state index in [4.69, 9.17) is 23.7 Å². The first-order valence-corrected chi connectivity index (χ1v) is 12.9. The second-order valence-electron chi connectivity index (χ2n) is 9.38. The van der Waals surface area contributed by atoms with Crippen LogP contribution in [0, 0.1) is 0 Å². The maximum atomic E-state index is 12.1. The summed E-state index contributed by atoms with van der Waals surface area (Å²) in [5, 5.41) is 10.8. The predicted molar refractivity (Wildman–Crippen MR) is 143 cm³/mol. The molecule has 3 aromatic carbocycles. The van der Waals surface area contributed by atoms with Crippen LogP contribution >= 0.6 is 0 Å². The molecular weight excluding hydrogens is 516 g/mol. The molecule has 3 aromatic rings. The number of carbonyl (C=O) groups excluding carboxylic acids is 3. The highest BCUT2D eigenvalue weighted by molar-refractivity contribution is 5.68. The highest BCUT2D eigenvalue weighted by Gasteiger charge is 2.52. The van der Waals surface area contributed by atoms with E-state index in [2.05, 4.69) is 0 Å². The van der Waals surface area contributed by atoms with E-state index in [-0.39, 0.29) is 6.61 Å². The molecule has 0 radical (unpaired) electrons. The number of aliphatic hydroxyl groups excluding tert-OH is 1. The zero-order valence-electron chi connectivity index (χ0n) is 22.5.